The Morgan fingerprint density at radius 1 is 1.43 bits per heavy atom. The molecule has 7 heteroatoms. The van der Waals surface area contributed by atoms with E-state index in [4.69, 9.17) is 0 Å². The molecule has 0 aromatic carbocycles. The summed E-state index contributed by atoms with van der Waals surface area (Å²) in [6, 6.07) is 0.856. The second-order valence-electron chi connectivity index (χ2n) is 2.76. The third kappa shape index (κ3) is 2.76. The predicted molar refractivity (Wildman–Crippen MR) is 47.3 cm³/mol. The van der Waals surface area contributed by atoms with Crippen molar-refractivity contribution in [2.24, 2.45) is 0 Å². The van der Waals surface area contributed by atoms with Crippen molar-refractivity contribution in [3.05, 3.63) is 18.5 Å². The van der Waals surface area contributed by atoms with Crippen molar-refractivity contribution in [3.63, 3.8) is 0 Å². The van der Waals surface area contributed by atoms with Gasteiger partial charge < -0.3 is 18.3 Å². The van der Waals surface area contributed by atoms with Crippen LogP contribution in [0.25, 0.3) is 0 Å². The van der Waals surface area contributed by atoms with E-state index in [0.29, 0.717) is 0 Å². The fraction of sp³-hybridized carbons (Fsp3) is 0.143. The van der Waals surface area contributed by atoms with Gasteiger partial charge in [0.25, 0.3) is 0 Å². The van der Waals surface area contributed by atoms with Crippen molar-refractivity contribution in [1.29, 1.82) is 0 Å². The second kappa shape index (κ2) is 3.69. The average Bonchev–Trinajstić information content (AvgIpc) is 2.01. The van der Waals surface area contributed by atoms with Gasteiger partial charge >= 0.3 is 6.98 Å². The molecule has 0 aliphatic rings. The van der Waals surface area contributed by atoms with E-state index in [1.165, 1.54) is 6.92 Å². The van der Waals surface area contributed by atoms with E-state index >= 15 is 0 Å². The SMILES string of the molecule is CC(=O)Nc1cncc([B-](F)(F)F)c1. The summed E-state index contributed by atoms with van der Waals surface area (Å²) in [5.41, 5.74) is -0.773. The summed E-state index contributed by atoms with van der Waals surface area (Å²) in [5.74, 6) is -0.432. The van der Waals surface area contributed by atoms with Crippen LogP contribution in [0.15, 0.2) is 18.5 Å². The monoisotopic (exact) mass is 203 g/mol. The van der Waals surface area contributed by atoms with Crippen LogP contribution in [-0.4, -0.2) is 17.9 Å². The number of anilines is 1. The minimum absolute atomic E-state index is 0.0502. The van der Waals surface area contributed by atoms with Crippen LogP contribution in [0.2, 0.25) is 0 Å². The maximum Gasteiger partial charge on any atom is 0.511 e. The summed E-state index contributed by atoms with van der Waals surface area (Å²) >= 11 is 0. The van der Waals surface area contributed by atoms with Crippen LogP contribution in [0.5, 0.6) is 0 Å². The highest BCUT2D eigenvalue weighted by atomic mass is 19.4. The van der Waals surface area contributed by atoms with Crippen molar-refractivity contribution in [1.82, 2.24) is 4.98 Å². The fourth-order valence-corrected chi connectivity index (χ4v) is 0.908. The van der Waals surface area contributed by atoms with Crippen LogP contribution < -0.4 is 10.8 Å². The molecule has 1 amide bonds. The van der Waals surface area contributed by atoms with Crippen LogP contribution in [0.3, 0.4) is 0 Å². The number of hydrogen-bond donors (Lipinski definition) is 1. The number of carbonyl (C=O) groups excluding carboxylic acids is 1. The van der Waals surface area contributed by atoms with Crippen LogP contribution in [0.4, 0.5) is 18.6 Å². The van der Waals surface area contributed by atoms with Gasteiger partial charge in [0.15, 0.2) is 0 Å². The van der Waals surface area contributed by atoms with Crippen molar-refractivity contribution < 1.29 is 17.7 Å². The molecule has 0 saturated heterocycles. The van der Waals surface area contributed by atoms with Crippen molar-refractivity contribution in [3.8, 4) is 0 Å². The molecule has 0 fully saturated rings. The van der Waals surface area contributed by atoms with E-state index in [2.05, 4.69) is 10.3 Å². The first kappa shape index (κ1) is 10.6. The molecule has 0 radical (unpaired) electrons. The van der Waals surface area contributed by atoms with Gasteiger partial charge in [-0.3, -0.25) is 9.78 Å². The summed E-state index contributed by atoms with van der Waals surface area (Å²) < 4.78 is 36.6. The van der Waals surface area contributed by atoms with Crippen LogP contribution >= 0.6 is 0 Å². The third-order valence-corrected chi connectivity index (χ3v) is 1.46. The van der Waals surface area contributed by atoms with Gasteiger partial charge in [0.1, 0.15) is 0 Å². The molecule has 1 aromatic heterocycles. The van der Waals surface area contributed by atoms with Gasteiger partial charge in [0.2, 0.25) is 5.91 Å². The summed E-state index contributed by atoms with van der Waals surface area (Å²) in [6.07, 6.45) is 1.89. The maximum atomic E-state index is 12.2. The van der Waals surface area contributed by atoms with Crippen molar-refractivity contribution in [2.75, 3.05) is 5.32 Å². The minimum atomic E-state index is -5.07. The molecule has 76 valence electrons. The summed E-state index contributed by atoms with van der Waals surface area (Å²) in [4.78, 5) is 13.9. The predicted octanol–water partition coefficient (Wildman–Crippen LogP) is 1.09. The van der Waals surface area contributed by atoms with E-state index in [1.807, 2.05) is 0 Å². The Morgan fingerprint density at radius 3 is 2.57 bits per heavy atom. The largest absolute Gasteiger partial charge is 0.511 e. The lowest BCUT2D eigenvalue weighted by Crippen LogP contribution is -2.34. The lowest BCUT2D eigenvalue weighted by Gasteiger charge is -2.14. The Bertz CT molecular complexity index is 353. The molecule has 3 nitrogen and oxygen atoms in total. The van der Waals surface area contributed by atoms with E-state index in [-0.39, 0.29) is 5.69 Å². The van der Waals surface area contributed by atoms with Gasteiger partial charge in [-0.05, 0) is 0 Å². The lowest BCUT2D eigenvalue weighted by atomic mass is 9.81. The quantitative estimate of drug-likeness (QED) is 0.731. The van der Waals surface area contributed by atoms with E-state index in [9.17, 15) is 17.7 Å². The van der Waals surface area contributed by atoms with Crippen LogP contribution in [-0.2, 0) is 4.79 Å². The Kier molecular flexibility index (Phi) is 2.78. The molecule has 0 atom stereocenters. The number of carbonyl (C=O) groups is 1. The van der Waals surface area contributed by atoms with Gasteiger partial charge in [-0.2, -0.15) is 0 Å². The van der Waals surface area contributed by atoms with Crippen LogP contribution in [0.1, 0.15) is 6.92 Å². The average molecular weight is 203 g/mol. The highest BCUT2D eigenvalue weighted by Crippen LogP contribution is 2.11. The molecular weight excluding hydrogens is 196 g/mol. The van der Waals surface area contributed by atoms with Gasteiger partial charge in [-0.15, -0.1) is 0 Å². The summed E-state index contributed by atoms with van der Waals surface area (Å²) in [5, 5.41) is 2.23. The number of halogens is 3. The standard InChI is InChI=1S/C7H7BF3N2O/c1-5(14)13-7-2-6(3-12-4-7)8(9,10)11/h2-4H,1H3,(H,13,14)/q-1. The Labute approximate surface area is 78.4 Å². The van der Waals surface area contributed by atoms with Crippen LogP contribution in [0, 0.1) is 0 Å². The van der Waals surface area contributed by atoms with E-state index < -0.39 is 18.3 Å². The zero-order valence-electron chi connectivity index (χ0n) is 7.30. The topological polar surface area (TPSA) is 42.0 Å². The van der Waals surface area contributed by atoms with Crippen molar-refractivity contribution in [2.45, 2.75) is 6.92 Å². The van der Waals surface area contributed by atoms with Gasteiger partial charge in [0, 0.05) is 13.1 Å². The number of pyridine rings is 1. The normalized spacial score (nSPS) is 11.1. The zero-order valence-corrected chi connectivity index (χ0v) is 7.30. The van der Waals surface area contributed by atoms with Gasteiger partial charge in [-0.1, -0.05) is 11.5 Å². The van der Waals surface area contributed by atoms with Gasteiger partial charge in [0.05, 0.1) is 11.9 Å². The molecule has 1 heterocycles. The molecular formula is C7H7BF3N2O-. The Hall–Kier alpha value is -1.53. The summed E-state index contributed by atoms with van der Waals surface area (Å²) in [7, 11) is 0. The Balaban J connectivity index is 2.95. The number of aromatic nitrogens is 1. The molecule has 0 aliphatic carbocycles. The minimum Gasteiger partial charge on any atom is -0.445 e. The molecule has 0 spiro atoms. The first-order chi connectivity index (χ1) is 6.39. The molecule has 1 N–H and O–H groups in total. The first-order valence-corrected chi connectivity index (χ1v) is 3.82. The number of rotatable bonds is 2. The number of nitrogens with one attached hydrogen (secondary N) is 1. The van der Waals surface area contributed by atoms with E-state index in [0.717, 1.165) is 18.5 Å². The van der Waals surface area contributed by atoms with E-state index in [1.54, 1.807) is 0 Å². The first-order valence-electron chi connectivity index (χ1n) is 3.82. The molecule has 1 aromatic rings. The number of amides is 1. The fourth-order valence-electron chi connectivity index (χ4n) is 0.908. The lowest BCUT2D eigenvalue weighted by molar-refractivity contribution is -0.114. The maximum absolute atomic E-state index is 12.2. The number of hydrogen-bond acceptors (Lipinski definition) is 2. The highest BCUT2D eigenvalue weighted by Gasteiger charge is 2.25. The molecule has 14 heavy (non-hydrogen) atoms. The molecule has 0 unspecified atom stereocenters. The highest BCUT2D eigenvalue weighted by molar-refractivity contribution is 6.73. The zero-order chi connectivity index (χ0) is 10.8. The number of nitrogens with zero attached hydrogens (tertiary/aromatic N) is 1. The molecule has 1 rings (SSSR count). The second-order valence-corrected chi connectivity index (χ2v) is 2.76. The molecule has 0 aliphatic heterocycles. The molecule has 0 saturated carbocycles. The smallest absolute Gasteiger partial charge is 0.445 e. The third-order valence-electron chi connectivity index (χ3n) is 1.46. The van der Waals surface area contributed by atoms with Gasteiger partial charge in [-0.25, -0.2) is 0 Å². The Morgan fingerprint density at radius 2 is 2.07 bits per heavy atom. The summed E-state index contributed by atoms with van der Waals surface area (Å²) in [6.45, 7) is -3.85. The molecule has 0 bridgehead atoms. The van der Waals surface area contributed by atoms with Crippen molar-refractivity contribution >= 4 is 24.0 Å².